The summed E-state index contributed by atoms with van der Waals surface area (Å²) < 4.78 is 28.6. The lowest BCUT2D eigenvalue weighted by Crippen LogP contribution is -2.35. The van der Waals surface area contributed by atoms with Crippen LogP contribution in [0.3, 0.4) is 0 Å². The Kier molecular flexibility index (Phi) is 5.19. The number of anilines is 2. The first kappa shape index (κ1) is 19.7. The van der Waals surface area contributed by atoms with Gasteiger partial charge in [-0.3, -0.25) is 9.52 Å². The topological polar surface area (TPSA) is 66.5 Å². The number of thiophene rings is 1. The number of nitrogens with one attached hydrogen (secondary N) is 1. The molecule has 0 saturated carbocycles. The normalized spacial score (nSPS) is 13.8. The Hall–Kier alpha value is -2.64. The lowest BCUT2D eigenvalue weighted by molar-refractivity contribution is 0.0989. The van der Waals surface area contributed by atoms with Crippen LogP contribution in [0.25, 0.3) is 0 Å². The van der Waals surface area contributed by atoms with Gasteiger partial charge in [-0.1, -0.05) is 24.3 Å². The highest BCUT2D eigenvalue weighted by Crippen LogP contribution is 2.33. The van der Waals surface area contributed by atoms with Crippen molar-refractivity contribution in [2.45, 2.75) is 31.6 Å². The Morgan fingerprint density at radius 3 is 2.69 bits per heavy atom. The van der Waals surface area contributed by atoms with Gasteiger partial charge in [0.2, 0.25) is 0 Å². The molecule has 5 nitrogen and oxygen atoms in total. The summed E-state index contributed by atoms with van der Waals surface area (Å²) in [5, 5.41) is 1.88. The summed E-state index contributed by atoms with van der Waals surface area (Å²) in [7, 11) is -3.73. The Morgan fingerprint density at radius 1 is 1.10 bits per heavy atom. The fourth-order valence-electron chi connectivity index (χ4n) is 3.61. The zero-order chi connectivity index (χ0) is 20.6. The molecule has 7 heteroatoms. The van der Waals surface area contributed by atoms with Gasteiger partial charge in [0.15, 0.2) is 0 Å². The zero-order valence-electron chi connectivity index (χ0n) is 16.3. The molecule has 2 aromatic carbocycles. The van der Waals surface area contributed by atoms with Crippen LogP contribution in [0, 0.1) is 13.8 Å². The van der Waals surface area contributed by atoms with Gasteiger partial charge in [-0.15, -0.1) is 11.3 Å². The SMILES string of the molecule is Cc1cccc(S(=O)(=O)Nc2ccc3c(c2)N(C(=O)c2cccs2)CCC3)c1C. The molecule has 3 aromatic rings. The third kappa shape index (κ3) is 3.80. The van der Waals surface area contributed by atoms with E-state index in [1.165, 1.54) is 11.3 Å². The molecular weight excluding hydrogens is 404 g/mol. The van der Waals surface area contributed by atoms with Crippen molar-refractivity contribution in [2.75, 3.05) is 16.2 Å². The summed E-state index contributed by atoms with van der Waals surface area (Å²) in [6, 6.07) is 14.3. The molecule has 0 aliphatic carbocycles. The molecule has 2 heterocycles. The molecule has 1 aliphatic rings. The maximum absolute atomic E-state index is 13.0. The third-order valence-corrected chi connectivity index (χ3v) is 7.66. The Labute approximate surface area is 175 Å². The standard InChI is InChI=1S/C22H22N2O3S2/c1-15-6-3-9-21(16(15)2)29(26,27)23-18-11-10-17-7-4-12-24(19(17)14-18)22(25)20-8-5-13-28-20/h3,5-6,8-11,13-14,23H,4,7,12H2,1-2H3. The first-order valence-corrected chi connectivity index (χ1v) is 11.8. The number of fused-ring (bicyclic) bond motifs is 1. The second-order valence-electron chi connectivity index (χ2n) is 7.18. The van der Waals surface area contributed by atoms with E-state index < -0.39 is 10.0 Å². The molecule has 0 atom stereocenters. The first-order valence-electron chi connectivity index (χ1n) is 9.44. The van der Waals surface area contributed by atoms with E-state index in [0.29, 0.717) is 17.1 Å². The molecule has 4 rings (SSSR count). The van der Waals surface area contributed by atoms with Crippen molar-refractivity contribution >= 4 is 38.6 Å². The number of sulfonamides is 1. The predicted molar refractivity (Wildman–Crippen MR) is 117 cm³/mol. The minimum atomic E-state index is -3.73. The van der Waals surface area contributed by atoms with Crippen LogP contribution in [0.2, 0.25) is 0 Å². The maximum atomic E-state index is 13.0. The zero-order valence-corrected chi connectivity index (χ0v) is 17.9. The lowest BCUT2D eigenvalue weighted by atomic mass is 10.0. The van der Waals surface area contributed by atoms with E-state index in [1.54, 1.807) is 36.1 Å². The third-order valence-electron chi connectivity index (χ3n) is 5.28. The fraction of sp³-hybridized carbons (Fsp3) is 0.227. The molecule has 150 valence electrons. The fourth-order valence-corrected chi connectivity index (χ4v) is 5.65. The van der Waals surface area contributed by atoms with E-state index in [9.17, 15) is 13.2 Å². The van der Waals surface area contributed by atoms with E-state index in [-0.39, 0.29) is 10.8 Å². The molecular formula is C22H22N2O3S2. The largest absolute Gasteiger partial charge is 0.307 e. The van der Waals surface area contributed by atoms with Gasteiger partial charge >= 0.3 is 0 Å². The molecule has 0 unspecified atom stereocenters. The number of carbonyl (C=O) groups excluding carboxylic acids is 1. The highest BCUT2D eigenvalue weighted by Gasteiger charge is 2.25. The highest BCUT2D eigenvalue weighted by molar-refractivity contribution is 7.92. The average Bonchev–Trinajstić information content (AvgIpc) is 3.23. The quantitative estimate of drug-likeness (QED) is 0.654. The molecule has 1 aliphatic heterocycles. The molecule has 0 radical (unpaired) electrons. The molecule has 1 aromatic heterocycles. The van der Waals surface area contributed by atoms with Gasteiger partial charge in [-0.25, -0.2) is 8.42 Å². The van der Waals surface area contributed by atoms with Gasteiger partial charge in [0.25, 0.3) is 15.9 Å². The minimum Gasteiger partial charge on any atom is -0.307 e. The van der Waals surface area contributed by atoms with Gasteiger partial charge in [-0.2, -0.15) is 0 Å². The number of hydrogen-bond acceptors (Lipinski definition) is 4. The Bertz CT molecular complexity index is 1170. The lowest BCUT2D eigenvalue weighted by Gasteiger charge is -2.29. The van der Waals surface area contributed by atoms with E-state index in [2.05, 4.69) is 4.72 Å². The van der Waals surface area contributed by atoms with Gasteiger partial charge in [0.05, 0.1) is 15.5 Å². The second kappa shape index (κ2) is 7.65. The van der Waals surface area contributed by atoms with Crippen molar-refractivity contribution in [2.24, 2.45) is 0 Å². The first-order chi connectivity index (χ1) is 13.9. The van der Waals surface area contributed by atoms with Crippen molar-refractivity contribution in [1.82, 2.24) is 0 Å². The summed E-state index contributed by atoms with van der Waals surface area (Å²) >= 11 is 1.41. The van der Waals surface area contributed by atoms with E-state index in [0.717, 1.165) is 35.2 Å². The van der Waals surface area contributed by atoms with Crippen LogP contribution in [0.5, 0.6) is 0 Å². The van der Waals surface area contributed by atoms with Crippen LogP contribution in [-0.2, 0) is 16.4 Å². The maximum Gasteiger partial charge on any atom is 0.268 e. The van der Waals surface area contributed by atoms with Gasteiger partial charge in [0, 0.05) is 12.2 Å². The van der Waals surface area contributed by atoms with Crippen molar-refractivity contribution < 1.29 is 13.2 Å². The van der Waals surface area contributed by atoms with E-state index in [1.807, 2.05) is 36.6 Å². The molecule has 0 fully saturated rings. The van der Waals surface area contributed by atoms with Crippen molar-refractivity contribution in [1.29, 1.82) is 0 Å². The molecule has 1 amide bonds. The number of nitrogens with zero attached hydrogens (tertiary/aromatic N) is 1. The minimum absolute atomic E-state index is 0.0458. The van der Waals surface area contributed by atoms with Crippen LogP contribution in [0.4, 0.5) is 11.4 Å². The summed E-state index contributed by atoms with van der Waals surface area (Å²) in [4.78, 5) is 15.6. The van der Waals surface area contributed by atoms with E-state index in [4.69, 9.17) is 0 Å². The monoisotopic (exact) mass is 426 g/mol. The Morgan fingerprint density at radius 2 is 1.93 bits per heavy atom. The molecule has 0 saturated heterocycles. The number of benzene rings is 2. The van der Waals surface area contributed by atoms with Gasteiger partial charge < -0.3 is 4.90 Å². The second-order valence-corrected chi connectivity index (χ2v) is 9.78. The molecule has 0 bridgehead atoms. The van der Waals surface area contributed by atoms with E-state index >= 15 is 0 Å². The van der Waals surface area contributed by atoms with Crippen LogP contribution < -0.4 is 9.62 Å². The number of aryl methyl sites for hydroxylation is 2. The predicted octanol–water partition coefficient (Wildman–Crippen LogP) is 4.76. The Balaban J connectivity index is 1.68. The average molecular weight is 427 g/mol. The van der Waals surface area contributed by atoms with Crippen LogP contribution in [0.1, 0.15) is 32.8 Å². The summed E-state index contributed by atoms with van der Waals surface area (Å²) in [5.41, 5.74) is 3.93. The van der Waals surface area contributed by atoms with Crippen molar-refractivity contribution in [3.8, 4) is 0 Å². The summed E-state index contributed by atoms with van der Waals surface area (Å²) in [6.07, 6.45) is 1.76. The molecule has 0 spiro atoms. The van der Waals surface area contributed by atoms with Crippen LogP contribution in [0.15, 0.2) is 58.8 Å². The summed E-state index contributed by atoms with van der Waals surface area (Å²) in [6.45, 7) is 4.32. The smallest absolute Gasteiger partial charge is 0.268 e. The number of carbonyl (C=O) groups is 1. The number of hydrogen-bond donors (Lipinski definition) is 1. The van der Waals surface area contributed by atoms with Crippen molar-refractivity contribution in [3.63, 3.8) is 0 Å². The van der Waals surface area contributed by atoms with Crippen molar-refractivity contribution in [3.05, 3.63) is 75.5 Å². The summed E-state index contributed by atoms with van der Waals surface area (Å²) in [5.74, 6) is -0.0458. The molecule has 29 heavy (non-hydrogen) atoms. The van der Waals surface area contributed by atoms with Crippen LogP contribution >= 0.6 is 11.3 Å². The molecule has 1 N–H and O–H groups in total. The van der Waals surface area contributed by atoms with Gasteiger partial charge in [-0.05, 0) is 73.0 Å². The number of amides is 1. The number of rotatable bonds is 4. The van der Waals surface area contributed by atoms with Crippen LogP contribution in [-0.4, -0.2) is 20.9 Å². The highest BCUT2D eigenvalue weighted by atomic mass is 32.2. The van der Waals surface area contributed by atoms with Gasteiger partial charge in [0.1, 0.15) is 0 Å².